The van der Waals surface area contributed by atoms with Gasteiger partial charge in [0, 0.05) is 18.2 Å². The summed E-state index contributed by atoms with van der Waals surface area (Å²) in [7, 11) is 2.00. The lowest BCUT2D eigenvalue weighted by Gasteiger charge is -2.20. The molecule has 0 radical (unpaired) electrons. The second-order valence-electron chi connectivity index (χ2n) is 5.58. The Balaban J connectivity index is 1.88. The Bertz CT molecular complexity index is 583. The maximum absolute atomic E-state index is 13.6. The van der Waals surface area contributed by atoms with Crippen LogP contribution in [0.1, 0.15) is 29.2 Å². The number of benzene rings is 2. The fourth-order valence-electron chi connectivity index (χ4n) is 2.51. The second-order valence-corrected chi connectivity index (χ2v) is 5.58. The molecule has 2 N–H and O–H groups in total. The van der Waals surface area contributed by atoms with Gasteiger partial charge in [-0.25, -0.2) is 4.39 Å². The highest BCUT2D eigenvalue weighted by Gasteiger charge is 2.10. The Morgan fingerprint density at radius 3 is 2.48 bits per heavy atom. The summed E-state index contributed by atoms with van der Waals surface area (Å²) in [6, 6.07) is 15.1. The van der Waals surface area contributed by atoms with Gasteiger partial charge in [-0.2, -0.15) is 0 Å². The van der Waals surface area contributed by atoms with Gasteiger partial charge in [0.2, 0.25) is 0 Å². The molecular formula is C18H23FN2. The van der Waals surface area contributed by atoms with Gasteiger partial charge in [-0.05, 0) is 44.1 Å². The molecule has 0 aliphatic carbocycles. The molecule has 2 aromatic rings. The van der Waals surface area contributed by atoms with E-state index < -0.39 is 0 Å². The predicted molar refractivity (Wildman–Crippen MR) is 85.5 cm³/mol. The van der Waals surface area contributed by atoms with Gasteiger partial charge in [0.1, 0.15) is 5.82 Å². The average molecular weight is 286 g/mol. The number of aryl methyl sites for hydroxylation is 1. The summed E-state index contributed by atoms with van der Waals surface area (Å²) in [5.74, 6) is -0.146. The lowest BCUT2D eigenvalue weighted by molar-refractivity contribution is 0.306. The lowest BCUT2D eigenvalue weighted by Crippen LogP contribution is -2.24. The number of halogens is 1. The lowest BCUT2D eigenvalue weighted by atomic mass is 9.99. The zero-order valence-corrected chi connectivity index (χ0v) is 12.7. The molecule has 1 atom stereocenters. The highest BCUT2D eigenvalue weighted by atomic mass is 19.1. The van der Waals surface area contributed by atoms with Crippen LogP contribution in [0.25, 0.3) is 0 Å². The van der Waals surface area contributed by atoms with Gasteiger partial charge in [0.05, 0.1) is 0 Å². The molecule has 0 spiro atoms. The summed E-state index contributed by atoms with van der Waals surface area (Å²) in [5, 5.41) is 0. The number of hydrogen-bond acceptors (Lipinski definition) is 2. The Morgan fingerprint density at radius 2 is 1.76 bits per heavy atom. The van der Waals surface area contributed by atoms with Crippen molar-refractivity contribution in [3.63, 3.8) is 0 Å². The van der Waals surface area contributed by atoms with Crippen LogP contribution in [0, 0.1) is 12.7 Å². The highest BCUT2D eigenvalue weighted by Crippen LogP contribution is 2.18. The Hall–Kier alpha value is -1.71. The highest BCUT2D eigenvalue weighted by molar-refractivity contribution is 5.28. The SMILES string of the molecule is Cc1ccccc1C(N)CCN(C)Cc1ccccc1F. The van der Waals surface area contributed by atoms with E-state index >= 15 is 0 Å². The molecule has 2 aromatic carbocycles. The van der Waals surface area contributed by atoms with Crippen molar-refractivity contribution in [2.24, 2.45) is 5.73 Å². The molecule has 0 heterocycles. The Labute approximate surface area is 126 Å². The van der Waals surface area contributed by atoms with Crippen LogP contribution < -0.4 is 5.73 Å². The summed E-state index contributed by atoms with van der Waals surface area (Å²) < 4.78 is 13.6. The van der Waals surface area contributed by atoms with Crippen LogP contribution in [0.5, 0.6) is 0 Å². The standard InChI is InChI=1S/C18H23FN2/c1-14-7-3-5-9-16(14)18(20)11-12-21(2)13-15-8-4-6-10-17(15)19/h3-10,18H,11-13,20H2,1-2H3. The van der Waals surface area contributed by atoms with E-state index in [4.69, 9.17) is 5.73 Å². The minimum Gasteiger partial charge on any atom is -0.324 e. The molecule has 0 saturated carbocycles. The maximum Gasteiger partial charge on any atom is 0.127 e. The molecule has 0 aliphatic rings. The molecule has 0 amide bonds. The first-order valence-corrected chi connectivity index (χ1v) is 7.31. The maximum atomic E-state index is 13.6. The zero-order valence-electron chi connectivity index (χ0n) is 12.7. The molecule has 1 unspecified atom stereocenters. The fraction of sp³-hybridized carbons (Fsp3) is 0.333. The first-order valence-electron chi connectivity index (χ1n) is 7.31. The topological polar surface area (TPSA) is 29.3 Å². The summed E-state index contributed by atoms with van der Waals surface area (Å²) in [4.78, 5) is 2.11. The van der Waals surface area contributed by atoms with Crippen molar-refractivity contribution in [2.75, 3.05) is 13.6 Å². The smallest absolute Gasteiger partial charge is 0.127 e. The number of nitrogens with zero attached hydrogens (tertiary/aromatic N) is 1. The van der Waals surface area contributed by atoms with Crippen LogP contribution >= 0.6 is 0 Å². The van der Waals surface area contributed by atoms with E-state index in [-0.39, 0.29) is 11.9 Å². The van der Waals surface area contributed by atoms with Crippen LogP contribution in [0.3, 0.4) is 0 Å². The van der Waals surface area contributed by atoms with Crippen LogP contribution in [0.15, 0.2) is 48.5 Å². The zero-order chi connectivity index (χ0) is 15.2. The normalized spacial score (nSPS) is 12.6. The largest absolute Gasteiger partial charge is 0.324 e. The Kier molecular flexibility index (Phi) is 5.48. The molecule has 0 bridgehead atoms. The minimum absolute atomic E-state index is 0.0225. The second kappa shape index (κ2) is 7.34. The molecule has 0 saturated heterocycles. The van der Waals surface area contributed by atoms with E-state index in [0.717, 1.165) is 18.5 Å². The summed E-state index contributed by atoms with van der Waals surface area (Å²) >= 11 is 0. The van der Waals surface area contributed by atoms with Crippen LogP contribution in [-0.2, 0) is 6.54 Å². The molecule has 112 valence electrons. The number of hydrogen-bond donors (Lipinski definition) is 1. The summed E-state index contributed by atoms with van der Waals surface area (Å²) in [6.07, 6.45) is 0.857. The number of nitrogens with two attached hydrogens (primary N) is 1. The van der Waals surface area contributed by atoms with Crippen LogP contribution in [-0.4, -0.2) is 18.5 Å². The molecular weight excluding hydrogens is 263 g/mol. The third-order valence-corrected chi connectivity index (χ3v) is 3.81. The quantitative estimate of drug-likeness (QED) is 0.878. The van der Waals surface area contributed by atoms with E-state index in [1.807, 2.05) is 31.3 Å². The van der Waals surface area contributed by atoms with E-state index in [1.165, 1.54) is 17.2 Å². The molecule has 0 aromatic heterocycles. The van der Waals surface area contributed by atoms with Gasteiger partial charge in [-0.15, -0.1) is 0 Å². The predicted octanol–water partition coefficient (Wildman–Crippen LogP) is 3.66. The van der Waals surface area contributed by atoms with Gasteiger partial charge in [-0.3, -0.25) is 0 Å². The Morgan fingerprint density at radius 1 is 1.10 bits per heavy atom. The third-order valence-electron chi connectivity index (χ3n) is 3.81. The van der Waals surface area contributed by atoms with Crippen molar-refractivity contribution < 1.29 is 4.39 Å². The van der Waals surface area contributed by atoms with Crippen molar-refractivity contribution in [3.05, 3.63) is 71.0 Å². The van der Waals surface area contributed by atoms with Crippen LogP contribution in [0.2, 0.25) is 0 Å². The monoisotopic (exact) mass is 286 g/mol. The molecule has 0 fully saturated rings. The van der Waals surface area contributed by atoms with Crippen molar-refractivity contribution in [1.82, 2.24) is 4.90 Å². The van der Waals surface area contributed by atoms with Crippen molar-refractivity contribution >= 4 is 0 Å². The van der Waals surface area contributed by atoms with Gasteiger partial charge in [-0.1, -0.05) is 42.5 Å². The van der Waals surface area contributed by atoms with Gasteiger partial charge < -0.3 is 10.6 Å². The van der Waals surface area contributed by atoms with E-state index in [2.05, 4.69) is 24.0 Å². The van der Waals surface area contributed by atoms with Crippen molar-refractivity contribution in [1.29, 1.82) is 0 Å². The first kappa shape index (κ1) is 15.7. The third kappa shape index (κ3) is 4.38. The summed E-state index contributed by atoms with van der Waals surface area (Å²) in [5.41, 5.74) is 9.41. The molecule has 2 nitrogen and oxygen atoms in total. The van der Waals surface area contributed by atoms with Crippen molar-refractivity contribution in [2.45, 2.75) is 25.9 Å². The fourth-order valence-corrected chi connectivity index (χ4v) is 2.51. The van der Waals surface area contributed by atoms with E-state index in [9.17, 15) is 4.39 Å². The van der Waals surface area contributed by atoms with Crippen LogP contribution in [0.4, 0.5) is 4.39 Å². The minimum atomic E-state index is -0.146. The molecule has 2 rings (SSSR count). The first-order chi connectivity index (χ1) is 10.1. The van der Waals surface area contributed by atoms with E-state index in [0.29, 0.717) is 6.54 Å². The van der Waals surface area contributed by atoms with Crippen molar-refractivity contribution in [3.8, 4) is 0 Å². The van der Waals surface area contributed by atoms with Gasteiger partial charge in [0.25, 0.3) is 0 Å². The number of rotatable bonds is 6. The van der Waals surface area contributed by atoms with Gasteiger partial charge in [0.15, 0.2) is 0 Å². The average Bonchev–Trinajstić information content (AvgIpc) is 2.48. The molecule has 3 heteroatoms. The molecule has 21 heavy (non-hydrogen) atoms. The summed E-state index contributed by atoms with van der Waals surface area (Å²) in [6.45, 7) is 3.52. The van der Waals surface area contributed by atoms with Gasteiger partial charge >= 0.3 is 0 Å². The molecule has 0 aliphatic heterocycles. The van der Waals surface area contributed by atoms with E-state index in [1.54, 1.807) is 6.07 Å².